The lowest BCUT2D eigenvalue weighted by Gasteiger charge is -2.18. The van der Waals surface area contributed by atoms with Gasteiger partial charge < -0.3 is 9.84 Å². The molecule has 4 heteroatoms. The van der Waals surface area contributed by atoms with Crippen LogP contribution in [0.4, 0.5) is 0 Å². The molecule has 0 bridgehead atoms. The average molecular weight is 289 g/mol. The minimum Gasteiger partial charge on any atom is -0.493 e. The van der Waals surface area contributed by atoms with Crippen LogP contribution >= 0.6 is 11.6 Å². The molecule has 0 unspecified atom stereocenters. The number of rotatable bonds is 2. The summed E-state index contributed by atoms with van der Waals surface area (Å²) >= 11 is 5.89. The first-order chi connectivity index (χ1) is 9.65. The molecular weight excluding hydrogens is 276 g/mol. The van der Waals surface area contributed by atoms with Gasteiger partial charge in [0.15, 0.2) is 0 Å². The Balaban J connectivity index is 2.05. The highest BCUT2D eigenvalue weighted by Crippen LogP contribution is 2.31. The van der Waals surface area contributed by atoms with Crippen molar-refractivity contribution in [2.24, 2.45) is 0 Å². The Morgan fingerprint density at radius 1 is 1.15 bits per heavy atom. The molecule has 20 heavy (non-hydrogen) atoms. The highest BCUT2D eigenvalue weighted by atomic mass is 35.5. The van der Waals surface area contributed by atoms with Crippen LogP contribution in [0.5, 0.6) is 5.75 Å². The highest BCUT2D eigenvalue weighted by Gasteiger charge is 2.13. The van der Waals surface area contributed by atoms with Crippen LogP contribution in [0.25, 0.3) is 11.1 Å². The quantitative estimate of drug-likeness (QED) is 0.907. The first-order valence-corrected chi connectivity index (χ1v) is 6.82. The Bertz CT molecular complexity index is 679. The maximum atomic E-state index is 11.1. The highest BCUT2D eigenvalue weighted by molar-refractivity contribution is 6.33. The Kier molecular flexibility index (Phi) is 3.36. The van der Waals surface area contributed by atoms with Crippen molar-refractivity contribution in [2.45, 2.75) is 12.8 Å². The molecule has 0 atom stereocenters. The number of hydrogen-bond donors (Lipinski definition) is 1. The van der Waals surface area contributed by atoms with Gasteiger partial charge in [0.25, 0.3) is 0 Å². The van der Waals surface area contributed by atoms with Crippen LogP contribution < -0.4 is 4.74 Å². The number of carboxylic acid groups (broad SMARTS) is 1. The molecule has 3 nitrogen and oxygen atoms in total. The summed E-state index contributed by atoms with van der Waals surface area (Å²) in [5.74, 6) is -0.0921. The van der Waals surface area contributed by atoms with Crippen LogP contribution in [-0.4, -0.2) is 17.7 Å². The number of ether oxygens (including phenoxy) is 1. The van der Waals surface area contributed by atoms with Crippen LogP contribution in [-0.2, 0) is 6.42 Å². The van der Waals surface area contributed by atoms with E-state index in [1.54, 1.807) is 12.1 Å². The molecular formula is C16H13ClO3. The lowest BCUT2D eigenvalue weighted by atomic mass is 9.98. The molecule has 2 aromatic rings. The molecule has 0 amide bonds. The zero-order valence-electron chi connectivity index (χ0n) is 10.7. The summed E-state index contributed by atoms with van der Waals surface area (Å²) in [5.41, 5.74) is 3.12. The average Bonchev–Trinajstić information content (AvgIpc) is 2.47. The number of hydrogen-bond acceptors (Lipinski definition) is 2. The second-order valence-electron chi connectivity index (χ2n) is 4.77. The van der Waals surface area contributed by atoms with Gasteiger partial charge in [-0.25, -0.2) is 4.79 Å². The fourth-order valence-electron chi connectivity index (χ4n) is 2.41. The van der Waals surface area contributed by atoms with Gasteiger partial charge in [0.1, 0.15) is 5.75 Å². The van der Waals surface area contributed by atoms with E-state index in [0.717, 1.165) is 36.3 Å². The molecule has 0 fully saturated rings. The molecule has 1 aliphatic rings. The van der Waals surface area contributed by atoms with Crippen LogP contribution in [0.15, 0.2) is 36.4 Å². The van der Waals surface area contributed by atoms with Crippen molar-refractivity contribution < 1.29 is 14.6 Å². The molecule has 102 valence electrons. The molecule has 1 aliphatic heterocycles. The third-order valence-electron chi connectivity index (χ3n) is 3.44. The van der Waals surface area contributed by atoms with Gasteiger partial charge in [-0.3, -0.25) is 0 Å². The Morgan fingerprint density at radius 2 is 1.90 bits per heavy atom. The largest absolute Gasteiger partial charge is 0.493 e. The Hall–Kier alpha value is -2.00. The van der Waals surface area contributed by atoms with E-state index < -0.39 is 5.97 Å². The Morgan fingerprint density at radius 3 is 2.70 bits per heavy atom. The molecule has 2 aromatic carbocycles. The van der Waals surface area contributed by atoms with Gasteiger partial charge in [-0.15, -0.1) is 0 Å². The number of carbonyl (C=O) groups is 1. The van der Waals surface area contributed by atoms with Crippen molar-refractivity contribution >= 4 is 17.6 Å². The fourth-order valence-corrected chi connectivity index (χ4v) is 2.61. The lowest BCUT2D eigenvalue weighted by Crippen LogP contribution is -2.08. The summed E-state index contributed by atoms with van der Waals surface area (Å²) in [7, 11) is 0. The van der Waals surface area contributed by atoms with Crippen LogP contribution in [0.3, 0.4) is 0 Å². The predicted octanol–water partition coefficient (Wildman–Crippen LogP) is 4.03. The van der Waals surface area contributed by atoms with Gasteiger partial charge in [0.05, 0.1) is 17.2 Å². The maximum absolute atomic E-state index is 11.1. The second kappa shape index (κ2) is 5.17. The maximum Gasteiger partial charge on any atom is 0.337 e. The van der Waals surface area contributed by atoms with Crippen LogP contribution in [0.1, 0.15) is 22.3 Å². The van der Waals surface area contributed by atoms with Crippen LogP contribution in [0, 0.1) is 0 Å². The molecule has 1 heterocycles. The lowest BCUT2D eigenvalue weighted by molar-refractivity contribution is 0.0697. The van der Waals surface area contributed by atoms with Gasteiger partial charge in [-0.05, 0) is 53.8 Å². The van der Waals surface area contributed by atoms with Crippen molar-refractivity contribution in [3.8, 4) is 16.9 Å². The van der Waals surface area contributed by atoms with Crippen molar-refractivity contribution in [2.75, 3.05) is 6.61 Å². The van der Waals surface area contributed by atoms with E-state index in [1.807, 2.05) is 18.2 Å². The second-order valence-corrected chi connectivity index (χ2v) is 5.18. The van der Waals surface area contributed by atoms with Gasteiger partial charge in [-0.2, -0.15) is 0 Å². The minimum atomic E-state index is -1.02. The Labute approximate surface area is 121 Å². The number of benzene rings is 2. The minimum absolute atomic E-state index is 0.123. The summed E-state index contributed by atoms with van der Waals surface area (Å²) in [4.78, 5) is 11.1. The normalized spacial score (nSPS) is 13.4. The zero-order chi connectivity index (χ0) is 14.1. The molecule has 0 spiro atoms. The van der Waals surface area contributed by atoms with Crippen molar-refractivity contribution in [1.29, 1.82) is 0 Å². The first-order valence-electron chi connectivity index (χ1n) is 6.44. The SMILES string of the molecule is O=C(O)c1cc(-c2ccc3c(c2)CCCO3)ccc1Cl. The van der Waals surface area contributed by atoms with Gasteiger partial charge in [0, 0.05) is 0 Å². The van der Waals surface area contributed by atoms with E-state index in [9.17, 15) is 4.79 Å². The predicted molar refractivity (Wildman–Crippen MR) is 77.7 cm³/mol. The summed E-state index contributed by atoms with van der Waals surface area (Å²) in [6, 6.07) is 11.0. The third-order valence-corrected chi connectivity index (χ3v) is 3.77. The topological polar surface area (TPSA) is 46.5 Å². The molecule has 1 N–H and O–H groups in total. The fraction of sp³-hybridized carbons (Fsp3) is 0.188. The molecule has 0 saturated heterocycles. The molecule has 0 radical (unpaired) electrons. The van der Waals surface area contributed by atoms with Gasteiger partial charge in [0.2, 0.25) is 0 Å². The number of aromatic carboxylic acids is 1. The molecule has 3 rings (SSSR count). The standard InChI is InChI=1S/C16H13ClO3/c17-14-5-3-11(9-13(14)16(18)19)10-4-6-15-12(8-10)2-1-7-20-15/h3-6,8-9H,1-2,7H2,(H,18,19). The summed E-state index contributed by atoms with van der Waals surface area (Å²) < 4.78 is 5.58. The van der Waals surface area contributed by atoms with Crippen molar-refractivity contribution in [1.82, 2.24) is 0 Å². The number of aryl methyl sites for hydroxylation is 1. The van der Waals surface area contributed by atoms with E-state index in [4.69, 9.17) is 21.4 Å². The number of carboxylic acids is 1. The van der Waals surface area contributed by atoms with E-state index in [-0.39, 0.29) is 10.6 Å². The van der Waals surface area contributed by atoms with E-state index in [1.165, 1.54) is 5.56 Å². The first kappa shape index (κ1) is 13.0. The molecule has 0 saturated carbocycles. The monoisotopic (exact) mass is 288 g/mol. The molecule has 0 aliphatic carbocycles. The summed E-state index contributed by atoms with van der Waals surface area (Å²) in [6.45, 7) is 0.760. The van der Waals surface area contributed by atoms with Crippen molar-refractivity contribution in [3.63, 3.8) is 0 Å². The number of halogens is 1. The van der Waals surface area contributed by atoms with E-state index in [0.29, 0.717) is 0 Å². The summed E-state index contributed by atoms with van der Waals surface area (Å²) in [5, 5.41) is 9.38. The number of fused-ring (bicyclic) bond motifs is 1. The van der Waals surface area contributed by atoms with Crippen LogP contribution in [0.2, 0.25) is 5.02 Å². The third kappa shape index (κ3) is 2.37. The van der Waals surface area contributed by atoms with E-state index >= 15 is 0 Å². The van der Waals surface area contributed by atoms with Gasteiger partial charge >= 0.3 is 5.97 Å². The van der Waals surface area contributed by atoms with Crippen molar-refractivity contribution in [3.05, 3.63) is 52.5 Å². The summed E-state index contributed by atoms with van der Waals surface area (Å²) in [6.07, 6.45) is 2.00. The van der Waals surface area contributed by atoms with E-state index in [2.05, 4.69) is 6.07 Å². The smallest absolute Gasteiger partial charge is 0.337 e. The molecule has 0 aromatic heterocycles. The van der Waals surface area contributed by atoms with Gasteiger partial charge in [-0.1, -0.05) is 23.7 Å². The zero-order valence-corrected chi connectivity index (χ0v) is 11.5.